The van der Waals surface area contributed by atoms with Crippen LogP contribution in [0.2, 0.25) is 0 Å². The number of hydrogen-bond donors (Lipinski definition) is 0. The monoisotopic (exact) mass is 344 g/mol. The van der Waals surface area contributed by atoms with E-state index in [4.69, 9.17) is 4.74 Å². The van der Waals surface area contributed by atoms with Crippen molar-refractivity contribution in [1.82, 2.24) is 0 Å². The van der Waals surface area contributed by atoms with Gasteiger partial charge < -0.3 is 4.74 Å². The number of rotatable bonds is 12. The van der Waals surface area contributed by atoms with E-state index in [1.54, 1.807) is 0 Å². The van der Waals surface area contributed by atoms with Gasteiger partial charge in [-0.15, -0.1) is 0 Å². The molecule has 0 saturated carbocycles. The van der Waals surface area contributed by atoms with Gasteiger partial charge in [0.15, 0.2) is 0 Å². The van der Waals surface area contributed by atoms with Gasteiger partial charge in [-0.1, -0.05) is 82.0 Å². The number of esters is 1. The zero-order valence-electron chi connectivity index (χ0n) is 16.6. The molecule has 0 spiro atoms. The molecule has 0 heterocycles. The third-order valence-electron chi connectivity index (χ3n) is 4.60. The van der Waals surface area contributed by atoms with Gasteiger partial charge in [-0.05, 0) is 43.6 Å². The lowest BCUT2D eigenvalue weighted by Gasteiger charge is -2.11. The van der Waals surface area contributed by atoms with Crippen LogP contribution in [0, 0.1) is 11.8 Å². The van der Waals surface area contributed by atoms with Crippen molar-refractivity contribution in [2.45, 2.75) is 79.2 Å². The Morgan fingerprint density at radius 2 is 1.76 bits per heavy atom. The minimum Gasteiger partial charge on any atom is -0.461 e. The number of benzene rings is 1. The maximum Gasteiger partial charge on any atom is 0.306 e. The van der Waals surface area contributed by atoms with Gasteiger partial charge >= 0.3 is 5.97 Å². The van der Waals surface area contributed by atoms with Crippen LogP contribution >= 0.6 is 0 Å². The Bertz CT molecular complexity index is 502. The van der Waals surface area contributed by atoms with Crippen molar-refractivity contribution >= 4 is 5.97 Å². The highest BCUT2D eigenvalue weighted by atomic mass is 16.5. The summed E-state index contributed by atoms with van der Waals surface area (Å²) in [5.41, 5.74) is 2.33. The summed E-state index contributed by atoms with van der Waals surface area (Å²) in [5.74, 6) is 1.49. The lowest BCUT2D eigenvalue weighted by Crippen LogP contribution is -2.04. The second-order valence-electron chi connectivity index (χ2n) is 7.70. The van der Waals surface area contributed by atoms with Crippen LogP contribution in [0.25, 0.3) is 0 Å². The molecule has 0 aliphatic carbocycles. The van der Waals surface area contributed by atoms with Crippen LogP contribution in [-0.4, -0.2) is 5.97 Å². The van der Waals surface area contributed by atoms with Crippen molar-refractivity contribution in [3.05, 3.63) is 47.5 Å². The molecule has 0 aromatic heterocycles. The summed E-state index contributed by atoms with van der Waals surface area (Å²) in [5, 5.41) is 0. The first-order valence-corrected chi connectivity index (χ1v) is 9.82. The van der Waals surface area contributed by atoms with E-state index in [1.807, 2.05) is 30.3 Å². The number of allylic oxidation sites excluding steroid dienone is 2. The molecule has 0 aliphatic heterocycles. The van der Waals surface area contributed by atoms with Crippen molar-refractivity contribution in [2.24, 2.45) is 11.8 Å². The molecule has 1 rings (SSSR count). The third-order valence-corrected chi connectivity index (χ3v) is 4.60. The van der Waals surface area contributed by atoms with E-state index in [0.717, 1.165) is 30.2 Å². The van der Waals surface area contributed by atoms with Crippen LogP contribution in [0.15, 0.2) is 42.0 Å². The van der Waals surface area contributed by atoms with E-state index in [1.165, 1.54) is 31.3 Å². The van der Waals surface area contributed by atoms with Gasteiger partial charge in [0, 0.05) is 6.42 Å². The number of ether oxygens (including phenoxy) is 1. The van der Waals surface area contributed by atoms with E-state index in [2.05, 4.69) is 33.8 Å². The molecule has 2 nitrogen and oxygen atoms in total. The standard InChI is InChI=1S/C23H36O2/c1-19(2)10-8-11-20(3)12-9-13-21(4)16-17-23(24)25-18-22-14-6-5-7-15-22/h5-7,13-15,19-20H,8-12,16-18H2,1-4H3/b21-13+. The highest BCUT2D eigenvalue weighted by molar-refractivity contribution is 5.69. The minimum atomic E-state index is -0.112. The zero-order valence-corrected chi connectivity index (χ0v) is 16.6. The van der Waals surface area contributed by atoms with E-state index < -0.39 is 0 Å². The fourth-order valence-corrected chi connectivity index (χ4v) is 2.84. The van der Waals surface area contributed by atoms with Crippen LogP contribution < -0.4 is 0 Å². The van der Waals surface area contributed by atoms with E-state index in [9.17, 15) is 4.79 Å². The van der Waals surface area contributed by atoms with Crippen molar-refractivity contribution in [3.63, 3.8) is 0 Å². The Labute approximate surface area is 154 Å². The summed E-state index contributed by atoms with van der Waals surface area (Å²) in [4.78, 5) is 11.8. The molecule has 25 heavy (non-hydrogen) atoms. The smallest absolute Gasteiger partial charge is 0.306 e. The number of carbonyl (C=O) groups excluding carboxylic acids is 1. The summed E-state index contributed by atoms with van der Waals surface area (Å²) in [6.07, 6.45) is 9.94. The summed E-state index contributed by atoms with van der Waals surface area (Å²) >= 11 is 0. The van der Waals surface area contributed by atoms with Gasteiger partial charge in [-0.25, -0.2) is 0 Å². The molecule has 0 bridgehead atoms. The predicted octanol–water partition coefficient (Wildman–Crippen LogP) is 6.70. The summed E-state index contributed by atoms with van der Waals surface area (Å²) in [6.45, 7) is 9.43. The summed E-state index contributed by atoms with van der Waals surface area (Å²) < 4.78 is 5.32. The van der Waals surface area contributed by atoms with Crippen molar-refractivity contribution in [2.75, 3.05) is 0 Å². The molecule has 140 valence electrons. The zero-order chi connectivity index (χ0) is 18.5. The highest BCUT2D eigenvalue weighted by Gasteiger charge is 2.05. The molecular formula is C23H36O2. The lowest BCUT2D eigenvalue weighted by molar-refractivity contribution is -0.144. The molecule has 1 aromatic rings. The first kappa shape index (κ1) is 21.5. The molecular weight excluding hydrogens is 308 g/mol. The molecule has 1 aromatic carbocycles. The molecule has 0 saturated heterocycles. The van der Waals surface area contributed by atoms with Crippen LogP contribution in [0.1, 0.15) is 78.2 Å². The molecule has 0 radical (unpaired) electrons. The Hall–Kier alpha value is -1.57. The average Bonchev–Trinajstić information content (AvgIpc) is 2.58. The van der Waals surface area contributed by atoms with Crippen LogP contribution in [0.4, 0.5) is 0 Å². The second kappa shape index (κ2) is 12.7. The average molecular weight is 345 g/mol. The lowest BCUT2D eigenvalue weighted by atomic mass is 9.95. The van der Waals surface area contributed by atoms with Gasteiger partial charge in [-0.3, -0.25) is 4.79 Å². The Morgan fingerprint density at radius 3 is 2.44 bits per heavy atom. The third kappa shape index (κ3) is 11.6. The fourth-order valence-electron chi connectivity index (χ4n) is 2.84. The topological polar surface area (TPSA) is 26.3 Å². The van der Waals surface area contributed by atoms with Crippen LogP contribution in [-0.2, 0) is 16.1 Å². The molecule has 1 atom stereocenters. The SMILES string of the molecule is C/C(=C\CCC(C)CCCC(C)C)CCC(=O)OCc1ccccc1. The maximum atomic E-state index is 11.8. The largest absolute Gasteiger partial charge is 0.461 e. The van der Waals surface area contributed by atoms with E-state index in [0.29, 0.717) is 13.0 Å². The second-order valence-corrected chi connectivity index (χ2v) is 7.70. The quantitative estimate of drug-likeness (QED) is 0.311. The molecule has 0 aliphatic rings. The van der Waals surface area contributed by atoms with Crippen LogP contribution in [0.5, 0.6) is 0 Å². The minimum absolute atomic E-state index is 0.112. The first-order valence-electron chi connectivity index (χ1n) is 9.82. The Morgan fingerprint density at radius 1 is 1.04 bits per heavy atom. The summed E-state index contributed by atoms with van der Waals surface area (Å²) in [6, 6.07) is 9.83. The molecule has 1 unspecified atom stereocenters. The van der Waals surface area contributed by atoms with Gasteiger partial charge in [0.05, 0.1) is 0 Å². The van der Waals surface area contributed by atoms with Gasteiger partial charge in [0.2, 0.25) is 0 Å². The predicted molar refractivity (Wildman–Crippen MR) is 106 cm³/mol. The number of hydrogen-bond acceptors (Lipinski definition) is 2. The number of carbonyl (C=O) groups is 1. The normalized spacial score (nSPS) is 13.1. The molecule has 0 N–H and O–H groups in total. The Kier molecular flexibility index (Phi) is 10.9. The molecule has 2 heteroatoms. The Balaban J connectivity index is 2.12. The highest BCUT2D eigenvalue weighted by Crippen LogP contribution is 2.18. The van der Waals surface area contributed by atoms with Gasteiger partial charge in [0.25, 0.3) is 0 Å². The van der Waals surface area contributed by atoms with Crippen molar-refractivity contribution < 1.29 is 9.53 Å². The van der Waals surface area contributed by atoms with E-state index >= 15 is 0 Å². The van der Waals surface area contributed by atoms with Gasteiger partial charge in [0.1, 0.15) is 6.61 Å². The summed E-state index contributed by atoms with van der Waals surface area (Å²) in [7, 11) is 0. The first-order chi connectivity index (χ1) is 12.0. The van der Waals surface area contributed by atoms with Gasteiger partial charge in [-0.2, -0.15) is 0 Å². The van der Waals surface area contributed by atoms with Crippen molar-refractivity contribution in [3.8, 4) is 0 Å². The van der Waals surface area contributed by atoms with Crippen molar-refractivity contribution in [1.29, 1.82) is 0 Å². The maximum absolute atomic E-state index is 11.8. The molecule has 0 amide bonds. The fraction of sp³-hybridized carbons (Fsp3) is 0.609. The van der Waals surface area contributed by atoms with Crippen LogP contribution in [0.3, 0.4) is 0 Å². The molecule has 0 fully saturated rings. The van der Waals surface area contributed by atoms with E-state index in [-0.39, 0.29) is 5.97 Å².